The van der Waals surface area contributed by atoms with E-state index in [0.717, 1.165) is 5.69 Å². The average molecular weight is 383 g/mol. The van der Waals surface area contributed by atoms with Crippen LogP contribution >= 0.6 is 0 Å². The lowest BCUT2D eigenvalue weighted by molar-refractivity contribution is -0.120. The Balaban J connectivity index is 1.31. The standard InChI is InChI=1S/C20H22FN5O2/c1-14-5-6-15(12-16(14)21)23-18(27)13-26-10-7-20(8-11-26)24-19(25-28-20)17-4-2-3-9-22-17/h2-6,9,12H,7-8,10-11,13H2,1H3,(H,23,27)(H,24,25). The minimum Gasteiger partial charge on any atom is -0.325 e. The fourth-order valence-electron chi connectivity index (χ4n) is 3.35. The highest BCUT2D eigenvalue weighted by atomic mass is 19.1. The van der Waals surface area contributed by atoms with Crippen LogP contribution < -0.4 is 10.8 Å². The van der Waals surface area contributed by atoms with Crippen molar-refractivity contribution < 1.29 is 14.0 Å². The summed E-state index contributed by atoms with van der Waals surface area (Å²) in [4.78, 5) is 29.1. The van der Waals surface area contributed by atoms with E-state index in [1.54, 1.807) is 25.3 Å². The SMILES string of the molecule is Cc1ccc(NC(=O)CN2CCC3(CC2)N=C(c2ccccn2)NO3)cc1F. The molecule has 2 aliphatic heterocycles. The zero-order valence-electron chi connectivity index (χ0n) is 15.6. The predicted octanol–water partition coefficient (Wildman–Crippen LogP) is 2.24. The Morgan fingerprint density at radius 1 is 1.32 bits per heavy atom. The van der Waals surface area contributed by atoms with Crippen LogP contribution in [0, 0.1) is 12.7 Å². The Morgan fingerprint density at radius 3 is 2.86 bits per heavy atom. The van der Waals surface area contributed by atoms with Crippen molar-refractivity contribution in [3.05, 3.63) is 59.7 Å². The number of aromatic nitrogens is 1. The summed E-state index contributed by atoms with van der Waals surface area (Å²) in [6.45, 7) is 3.29. The molecule has 146 valence electrons. The molecule has 0 radical (unpaired) electrons. The first kappa shape index (κ1) is 18.5. The van der Waals surface area contributed by atoms with Crippen molar-refractivity contribution in [3.8, 4) is 0 Å². The highest BCUT2D eigenvalue weighted by Crippen LogP contribution is 2.30. The first-order valence-electron chi connectivity index (χ1n) is 9.27. The molecule has 7 nitrogen and oxygen atoms in total. The number of rotatable bonds is 4. The molecule has 2 aliphatic rings. The summed E-state index contributed by atoms with van der Waals surface area (Å²) in [5, 5.41) is 2.75. The van der Waals surface area contributed by atoms with Gasteiger partial charge in [-0.1, -0.05) is 12.1 Å². The number of amidine groups is 1. The molecular weight excluding hydrogens is 361 g/mol. The molecule has 1 saturated heterocycles. The number of aliphatic imine (C=N–C) groups is 1. The Hall–Kier alpha value is -2.84. The van der Waals surface area contributed by atoms with E-state index >= 15 is 0 Å². The van der Waals surface area contributed by atoms with Gasteiger partial charge in [0.05, 0.1) is 6.54 Å². The van der Waals surface area contributed by atoms with Gasteiger partial charge in [-0.15, -0.1) is 0 Å². The van der Waals surface area contributed by atoms with Crippen molar-refractivity contribution in [2.75, 3.05) is 25.0 Å². The number of benzene rings is 1. The van der Waals surface area contributed by atoms with E-state index in [0.29, 0.717) is 43.0 Å². The van der Waals surface area contributed by atoms with Crippen LogP contribution in [0.15, 0.2) is 47.6 Å². The minimum absolute atomic E-state index is 0.164. The lowest BCUT2D eigenvalue weighted by Gasteiger charge is -2.35. The molecule has 3 heterocycles. The van der Waals surface area contributed by atoms with Crippen molar-refractivity contribution in [1.82, 2.24) is 15.4 Å². The second-order valence-corrected chi connectivity index (χ2v) is 7.11. The number of nitrogens with one attached hydrogen (secondary N) is 2. The number of hydrogen-bond donors (Lipinski definition) is 2. The zero-order chi connectivity index (χ0) is 19.6. The quantitative estimate of drug-likeness (QED) is 0.847. The zero-order valence-corrected chi connectivity index (χ0v) is 15.6. The van der Waals surface area contributed by atoms with Gasteiger partial charge in [0.15, 0.2) is 11.6 Å². The lowest BCUT2D eigenvalue weighted by Crippen LogP contribution is -2.46. The second-order valence-electron chi connectivity index (χ2n) is 7.11. The van der Waals surface area contributed by atoms with Gasteiger partial charge in [-0.05, 0) is 36.8 Å². The Bertz CT molecular complexity index is 895. The highest BCUT2D eigenvalue weighted by molar-refractivity contribution is 5.97. The molecule has 1 aromatic carbocycles. The van der Waals surface area contributed by atoms with Gasteiger partial charge in [0.1, 0.15) is 11.5 Å². The number of pyridine rings is 1. The number of nitrogens with zero attached hydrogens (tertiary/aromatic N) is 3. The summed E-state index contributed by atoms with van der Waals surface area (Å²) < 4.78 is 13.6. The molecule has 2 aromatic rings. The molecule has 1 amide bonds. The monoisotopic (exact) mass is 383 g/mol. The Kier molecular flexibility index (Phi) is 5.06. The molecule has 1 fully saturated rings. The van der Waals surface area contributed by atoms with Crippen molar-refractivity contribution >= 4 is 17.4 Å². The van der Waals surface area contributed by atoms with Gasteiger partial charge in [-0.3, -0.25) is 14.7 Å². The van der Waals surface area contributed by atoms with Crippen LogP contribution in [0.1, 0.15) is 24.1 Å². The number of piperidine rings is 1. The van der Waals surface area contributed by atoms with Gasteiger partial charge >= 0.3 is 0 Å². The number of halogens is 1. The van der Waals surface area contributed by atoms with Crippen LogP contribution in [0.5, 0.6) is 0 Å². The van der Waals surface area contributed by atoms with Crippen molar-refractivity contribution in [2.45, 2.75) is 25.5 Å². The summed E-state index contributed by atoms with van der Waals surface area (Å²) in [5.41, 5.74) is 4.03. The molecule has 2 N–H and O–H groups in total. The van der Waals surface area contributed by atoms with E-state index in [1.807, 2.05) is 23.1 Å². The second kappa shape index (κ2) is 7.65. The van der Waals surface area contributed by atoms with Crippen LogP contribution in [0.25, 0.3) is 0 Å². The molecule has 8 heteroatoms. The summed E-state index contributed by atoms with van der Waals surface area (Å²) >= 11 is 0. The predicted molar refractivity (Wildman–Crippen MR) is 103 cm³/mol. The topological polar surface area (TPSA) is 78.9 Å². The third kappa shape index (κ3) is 4.02. The largest absolute Gasteiger partial charge is 0.325 e. The molecule has 1 spiro atoms. The molecule has 0 saturated carbocycles. The van der Waals surface area contributed by atoms with Crippen LogP contribution in [0.3, 0.4) is 0 Å². The van der Waals surface area contributed by atoms with E-state index in [9.17, 15) is 9.18 Å². The highest BCUT2D eigenvalue weighted by Gasteiger charge is 2.40. The summed E-state index contributed by atoms with van der Waals surface area (Å²) in [6, 6.07) is 10.3. The number of hydrogen-bond acceptors (Lipinski definition) is 6. The van der Waals surface area contributed by atoms with Crippen LogP contribution in [0.2, 0.25) is 0 Å². The van der Waals surface area contributed by atoms with Crippen molar-refractivity contribution in [2.24, 2.45) is 4.99 Å². The van der Waals surface area contributed by atoms with E-state index < -0.39 is 5.72 Å². The fourth-order valence-corrected chi connectivity index (χ4v) is 3.35. The number of carbonyl (C=O) groups is 1. The normalized spacial score (nSPS) is 18.6. The number of hydroxylamine groups is 1. The number of anilines is 1. The van der Waals surface area contributed by atoms with E-state index in [1.165, 1.54) is 6.07 Å². The molecule has 4 rings (SSSR count). The molecule has 0 atom stereocenters. The van der Waals surface area contributed by atoms with Gasteiger partial charge in [0.2, 0.25) is 5.91 Å². The van der Waals surface area contributed by atoms with Gasteiger partial charge in [0.25, 0.3) is 0 Å². The third-order valence-corrected chi connectivity index (χ3v) is 5.02. The van der Waals surface area contributed by atoms with Gasteiger partial charge in [-0.25, -0.2) is 19.7 Å². The van der Waals surface area contributed by atoms with Gasteiger partial charge < -0.3 is 5.32 Å². The first-order valence-corrected chi connectivity index (χ1v) is 9.27. The summed E-state index contributed by atoms with van der Waals surface area (Å²) in [7, 11) is 0. The summed E-state index contributed by atoms with van der Waals surface area (Å²) in [6.07, 6.45) is 3.05. The smallest absolute Gasteiger partial charge is 0.238 e. The number of aryl methyl sites for hydroxylation is 1. The van der Waals surface area contributed by atoms with Crippen LogP contribution in [-0.2, 0) is 9.63 Å². The van der Waals surface area contributed by atoms with Crippen LogP contribution in [-0.4, -0.2) is 47.0 Å². The number of likely N-dealkylation sites (tertiary alicyclic amines) is 1. The molecule has 0 aliphatic carbocycles. The average Bonchev–Trinajstić information content (AvgIpc) is 3.11. The number of carbonyl (C=O) groups excluding carboxylic acids is 1. The maximum Gasteiger partial charge on any atom is 0.238 e. The Labute approximate surface area is 162 Å². The maximum atomic E-state index is 13.6. The fraction of sp³-hybridized carbons (Fsp3) is 0.350. The van der Waals surface area contributed by atoms with Gasteiger partial charge in [0, 0.05) is 37.8 Å². The molecule has 1 aromatic heterocycles. The van der Waals surface area contributed by atoms with E-state index in [2.05, 4.69) is 15.8 Å². The van der Waals surface area contributed by atoms with Crippen LogP contribution in [0.4, 0.5) is 10.1 Å². The van der Waals surface area contributed by atoms with Crippen molar-refractivity contribution in [1.29, 1.82) is 0 Å². The van der Waals surface area contributed by atoms with E-state index in [4.69, 9.17) is 9.83 Å². The molecule has 0 bridgehead atoms. The van der Waals surface area contributed by atoms with E-state index in [-0.39, 0.29) is 18.3 Å². The first-order chi connectivity index (χ1) is 13.5. The third-order valence-electron chi connectivity index (χ3n) is 5.02. The molecular formula is C20H22FN5O2. The molecule has 28 heavy (non-hydrogen) atoms. The molecule has 0 unspecified atom stereocenters. The lowest BCUT2D eigenvalue weighted by atomic mass is 10.0. The summed E-state index contributed by atoms with van der Waals surface area (Å²) in [5.74, 6) is 0.140. The van der Waals surface area contributed by atoms with Gasteiger partial charge in [-0.2, -0.15) is 0 Å². The minimum atomic E-state index is -0.611. The van der Waals surface area contributed by atoms with Crippen molar-refractivity contribution in [3.63, 3.8) is 0 Å². The Morgan fingerprint density at radius 2 is 2.14 bits per heavy atom. The number of amides is 1. The maximum absolute atomic E-state index is 13.6.